The second kappa shape index (κ2) is 9.34. The molecule has 9 heteroatoms. The third-order valence-corrected chi connectivity index (χ3v) is 3.56. The first-order valence-corrected chi connectivity index (χ1v) is 9.62. The largest absolute Gasteiger partial charge is 0.458 e. The van der Waals surface area contributed by atoms with Crippen LogP contribution in [0.5, 0.6) is 0 Å². The zero-order valence-corrected chi connectivity index (χ0v) is 18.0. The van der Waals surface area contributed by atoms with E-state index >= 15 is 0 Å². The van der Waals surface area contributed by atoms with E-state index in [4.69, 9.17) is 9.47 Å². The SMILES string of the molecule is CC1(CC(=O)NCCCC[C@H](NC(=O)OC(C)(C)C)C(=O)OC(C)(C)C)N=N1. The van der Waals surface area contributed by atoms with E-state index in [1.807, 2.05) is 0 Å². The molecule has 28 heavy (non-hydrogen) atoms. The molecule has 9 nitrogen and oxygen atoms in total. The predicted octanol–water partition coefficient (Wildman–Crippen LogP) is 3.08. The molecule has 160 valence electrons. The fraction of sp³-hybridized carbons (Fsp3) is 0.842. The van der Waals surface area contributed by atoms with E-state index in [2.05, 4.69) is 20.9 Å². The van der Waals surface area contributed by atoms with E-state index in [0.29, 0.717) is 25.8 Å². The van der Waals surface area contributed by atoms with Crippen molar-refractivity contribution in [2.45, 2.75) is 97.1 Å². The molecule has 0 saturated heterocycles. The molecule has 0 radical (unpaired) electrons. The molecule has 2 amide bonds. The van der Waals surface area contributed by atoms with Crippen molar-refractivity contribution in [3.8, 4) is 0 Å². The molecule has 1 atom stereocenters. The Balaban J connectivity index is 2.44. The molecule has 0 fully saturated rings. The van der Waals surface area contributed by atoms with Crippen LogP contribution in [0.4, 0.5) is 4.79 Å². The number of carbonyl (C=O) groups is 3. The summed E-state index contributed by atoms with van der Waals surface area (Å²) in [5.41, 5.74) is -1.87. The number of ether oxygens (including phenoxy) is 2. The second-order valence-electron chi connectivity index (χ2n) is 9.17. The summed E-state index contributed by atoms with van der Waals surface area (Å²) in [5, 5.41) is 13.0. The highest BCUT2D eigenvalue weighted by molar-refractivity contribution is 5.81. The maximum atomic E-state index is 12.4. The maximum absolute atomic E-state index is 12.4. The summed E-state index contributed by atoms with van der Waals surface area (Å²) >= 11 is 0. The Bertz CT molecular complexity index is 598. The third-order valence-electron chi connectivity index (χ3n) is 3.56. The number of carbonyl (C=O) groups excluding carboxylic acids is 3. The Kier molecular flexibility index (Phi) is 7.95. The van der Waals surface area contributed by atoms with Crippen LogP contribution in [0, 0.1) is 0 Å². The topological polar surface area (TPSA) is 118 Å². The smallest absolute Gasteiger partial charge is 0.408 e. The van der Waals surface area contributed by atoms with Gasteiger partial charge in [0.15, 0.2) is 5.66 Å². The molecule has 0 unspecified atom stereocenters. The molecule has 0 saturated carbocycles. The van der Waals surface area contributed by atoms with Crippen LogP contribution >= 0.6 is 0 Å². The minimum Gasteiger partial charge on any atom is -0.458 e. The Morgan fingerprint density at radius 1 is 0.964 bits per heavy atom. The lowest BCUT2D eigenvalue weighted by Gasteiger charge is -2.26. The summed E-state index contributed by atoms with van der Waals surface area (Å²) in [5.74, 6) is -0.615. The Morgan fingerprint density at radius 3 is 2.04 bits per heavy atom. The molecule has 1 aliphatic rings. The lowest BCUT2D eigenvalue weighted by molar-refractivity contribution is -0.157. The van der Waals surface area contributed by atoms with E-state index in [9.17, 15) is 14.4 Å². The molecule has 1 rings (SSSR count). The minimum atomic E-state index is -0.812. The average Bonchev–Trinajstić information content (AvgIpc) is 3.18. The van der Waals surface area contributed by atoms with Crippen molar-refractivity contribution >= 4 is 18.0 Å². The molecule has 0 spiro atoms. The minimum absolute atomic E-state index is 0.108. The fourth-order valence-electron chi connectivity index (χ4n) is 2.30. The molecule has 1 heterocycles. The number of rotatable bonds is 9. The molecule has 0 aromatic rings. The van der Waals surface area contributed by atoms with Crippen LogP contribution in [0.25, 0.3) is 0 Å². The van der Waals surface area contributed by atoms with Gasteiger partial charge >= 0.3 is 12.1 Å². The van der Waals surface area contributed by atoms with Gasteiger partial charge in [0.2, 0.25) is 5.91 Å². The van der Waals surface area contributed by atoms with Crippen LogP contribution in [0.3, 0.4) is 0 Å². The molecule has 0 bridgehead atoms. The lowest BCUT2D eigenvalue weighted by Crippen LogP contribution is -2.46. The van der Waals surface area contributed by atoms with Crippen LogP contribution in [-0.4, -0.2) is 47.4 Å². The number of hydrogen-bond donors (Lipinski definition) is 2. The van der Waals surface area contributed by atoms with E-state index in [1.54, 1.807) is 48.5 Å². The van der Waals surface area contributed by atoms with Gasteiger partial charge in [-0.1, -0.05) is 0 Å². The highest BCUT2D eigenvalue weighted by Crippen LogP contribution is 2.30. The van der Waals surface area contributed by atoms with Crippen molar-refractivity contribution in [2.24, 2.45) is 10.2 Å². The fourth-order valence-corrected chi connectivity index (χ4v) is 2.30. The van der Waals surface area contributed by atoms with Crippen molar-refractivity contribution in [1.29, 1.82) is 0 Å². The van der Waals surface area contributed by atoms with Gasteiger partial charge in [-0.05, 0) is 67.7 Å². The summed E-state index contributed by atoms with van der Waals surface area (Å²) in [6.45, 7) is 12.8. The Morgan fingerprint density at radius 2 is 1.54 bits per heavy atom. The third kappa shape index (κ3) is 10.8. The van der Waals surface area contributed by atoms with Gasteiger partial charge < -0.3 is 20.1 Å². The van der Waals surface area contributed by atoms with Gasteiger partial charge in [0.1, 0.15) is 17.2 Å². The zero-order valence-electron chi connectivity index (χ0n) is 18.0. The van der Waals surface area contributed by atoms with Crippen molar-refractivity contribution < 1.29 is 23.9 Å². The second-order valence-corrected chi connectivity index (χ2v) is 9.17. The first-order chi connectivity index (χ1) is 12.7. The molecule has 0 aliphatic carbocycles. The summed E-state index contributed by atoms with van der Waals surface area (Å²) in [7, 11) is 0. The molecule has 0 aromatic carbocycles. The van der Waals surface area contributed by atoms with E-state index in [1.165, 1.54) is 0 Å². The normalized spacial score (nSPS) is 16.1. The standard InChI is InChI=1S/C19H34N4O5/c1-17(2,3)27-15(25)13(21-16(26)28-18(4,5)6)10-8-9-11-20-14(24)12-19(7)22-23-19/h13H,8-12H2,1-7H3,(H,20,24)(H,21,26)/t13-/m0/s1. The molecular weight excluding hydrogens is 364 g/mol. The molecular formula is C19H34N4O5. The number of alkyl carbamates (subject to hydrolysis) is 1. The van der Waals surface area contributed by atoms with Crippen LogP contribution in [0.2, 0.25) is 0 Å². The summed E-state index contributed by atoms with van der Waals surface area (Å²) < 4.78 is 10.6. The number of nitrogens with one attached hydrogen (secondary N) is 2. The summed E-state index contributed by atoms with van der Waals surface area (Å²) in [6.07, 6.45) is 1.24. The highest BCUT2D eigenvalue weighted by atomic mass is 16.6. The zero-order chi connectivity index (χ0) is 21.6. The van der Waals surface area contributed by atoms with Gasteiger partial charge in [-0.25, -0.2) is 9.59 Å². The van der Waals surface area contributed by atoms with Crippen LogP contribution in [-0.2, 0) is 19.1 Å². The van der Waals surface area contributed by atoms with Crippen molar-refractivity contribution in [3.63, 3.8) is 0 Å². The predicted molar refractivity (Wildman–Crippen MR) is 104 cm³/mol. The van der Waals surface area contributed by atoms with Crippen molar-refractivity contribution in [3.05, 3.63) is 0 Å². The number of esters is 1. The van der Waals surface area contributed by atoms with E-state index in [-0.39, 0.29) is 12.3 Å². The number of nitrogens with zero attached hydrogens (tertiary/aromatic N) is 2. The van der Waals surface area contributed by atoms with Gasteiger partial charge in [-0.3, -0.25) is 4.79 Å². The van der Waals surface area contributed by atoms with E-state index in [0.717, 1.165) is 0 Å². The summed E-state index contributed by atoms with van der Waals surface area (Å²) in [6, 6.07) is -0.812. The summed E-state index contributed by atoms with van der Waals surface area (Å²) in [4.78, 5) is 36.2. The monoisotopic (exact) mass is 398 g/mol. The van der Waals surface area contributed by atoms with Gasteiger partial charge in [-0.15, -0.1) is 0 Å². The van der Waals surface area contributed by atoms with Crippen molar-refractivity contribution in [1.82, 2.24) is 10.6 Å². The maximum Gasteiger partial charge on any atom is 0.408 e. The number of amides is 2. The van der Waals surface area contributed by atoms with Crippen LogP contribution < -0.4 is 10.6 Å². The van der Waals surface area contributed by atoms with Crippen LogP contribution in [0.15, 0.2) is 10.2 Å². The van der Waals surface area contributed by atoms with Gasteiger partial charge in [-0.2, -0.15) is 10.2 Å². The Hall–Kier alpha value is -2.19. The van der Waals surface area contributed by atoms with E-state index < -0.39 is 35.0 Å². The number of hydrogen-bond acceptors (Lipinski definition) is 7. The molecule has 0 aromatic heterocycles. The average molecular weight is 399 g/mol. The van der Waals surface area contributed by atoms with Gasteiger partial charge in [0.25, 0.3) is 0 Å². The molecule has 2 N–H and O–H groups in total. The first kappa shape index (κ1) is 23.8. The Labute approximate surface area is 167 Å². The quantitative estimate of drug-likeness (QED) is 0.457. The van der Waals surface area contributed by atoms with Gasteiger partial charge in [0, 0.05) is 6.54 Å². The van der Waals surface area contributed by atoms with Gasteiger partial charge in [0.05, 0.1) is 6.42 Å². The number of unbranched alkanes of at least 4 members (excludes halogenated alkanes) is 1. The van der Waals surface area contributed by atoms with Crippen LogP contribution in [0.1, 0.15) is 74.1 Å². The lowest BCUT2D eigenvalue weighted by atomic mass is 10.1. The first-order valence-electron chi connectivity index (χ1n) is 9.62. The molecule has 1 aliphatic heterocycles. The highest BCUT2D eigenvalue weighted by Gasteiger charge is 2.36. The van der Waals surface area contributed by atoms with Crippen molar-refractivity contribution in [2.75, 3.05) is 6.54 Å².